The number of nitrogens with zero attached hydrogens (tertiary/aromatic N) is 3. The minimum Gasteiger partial charge on any atom is -0.324 e. The standard InChI is InChI=1S/C29H23BrN4O2S/c1-17(35)19-10-12-24(23(30)15-19)32-27(36)16-37-29-33-28-26(7-4-14-31-28)34(29)25-13-11-20(18-8-9-18)21-5-2-3-6-22(21)25/h2-7,10-15,18H,8-9,16H2,1H3,(H,32,36). The van der Waals surface area contributed by atoms with Crippen molar-refractivity contribution in [2.45, 2.75) is 30.8 Å². The number of nitrogens with one attached hydrogen (secondary N) is 1. The number of Topliss-reactive ketones (excluding diaryl/α,β-unsaturated/α-hetero) is 1. The van der Waals surface area contributed by atoms with E-state index < -0.39 is 0 Å². The van der Waals surface area contributed by atoms with Gasteiger partial charge in [0.2, 0.25) is 5.91 Å². The Bertz CT molecular complexity index is 1690. The minimum atomic E-state index is -0.165. The molecular formula is C29H23BrN4O2S. The second-order valence-electron chi connectivity index (χ2n) is 9.16. The monoisotopic (exact) mass is 570 g/mol. The Kier molecular flexibility index (Phi) is 6.30. The van der Waals surface area contributed by atoms with Crippen LogP contribution in [0.3, 0.4) is 0 Å². The fraction of sp³-hybridized carbons (Fsp3) is 0.172. The average molecular weight is 572 g/mol. The number of halogens is 1. The van der Waals surface area contributed by atoms with Crippen molar-refractivity contribution in [2.75, 3.05) is 11.1 Å². The van der Waals surface area contributed by atoms with E-state index >= 15 is 0 Å². The molecule has 0 unspecified atom stereocenters. The van der Waals surface area contributed by atoms with Gasteiger partial charge in [0.15, 0.2) is 16.6 Å². The molecule has 0 spiro atoms. The van der Waals surface area contributed by atoms with Crippen LogP contribution < -0.4 is 5.32 Å². The molecular weight excluding hydrogens is 548 g/mol. The Balaban J connectivity index is 1.33. The number of benzene rings is 3. The molecule has 1 amide bonds. The Morgan fingerprint density at radius 1 is 1.05 bits per heavy atom. The van der Waals surface area contributed by atoms with Gasteiger partial charge in [-0.15, -0.1) is 0 Å². The molecule has 1 fully saturated rings. The lowest BCUT2D eigenvalue weighted by molar-refractivity contribution is -0.113. The van der Waals surface area contributed by atoms with Gasteiger partial charge in [-0.1, -0.05) is 42.1 Å². The topological polar surface area (TPSA) is 76.9 Å². The number of fused-ring (bicyclic) bond motifs is 2. The number of carbonyl (C=O) groups excluding carboxylic acids is 2. The number of hydrogen-bond donors (Lipinski definition) is 1. The quantitative estimate of drug-likeness (QED) is 0.166. The van der Waals surface area contributed by atoms with E-state index in [1.165, 1.54) is 42.5 Å². The highest BCUT2D eigenvalue weighted by atomic mass is 79.9. The van der Waals surface area contributed by atoms with Gasteiger partial charge < -0.3 is 5.32 Å². The van der Waals surface area contributed by atoms with E-state index in [0.717, 1.165) is 16.6 Å². The van der Waals surface area contributed by atoms with Crippen LogP contribution in [0.4, 0.5) is 5.69 Å². The van der Waals surface area contributed by atoms with Crippen LogP contribution in [-0.4, -0.2) is 32.0 Å². The summed E-state index contributed by atoms with van der Waals surface area (Å²) in [5.41, 5.74) is 5.17. The summed E-state index contributed by atoms with van der Waals surface area (Å²) in [4.78, 5) is 33.8. The van der Waals surface area contributed by atoms with Gasteiger partial charge in [0.25, 0.3) is 0 Å². The summed E-state index contributed by atoms with van der Waals surface area (Å²) in [6.07, 6.45) is 4.22. The highest BCUT2D eigenvalue weighted by Crippen LogP contribution is 2.44. The maximum atomic E-state index is 12.9. The first-order chi connectivity index (χ1) is 18.0. The van der Waals surface area contributed by atoms with Crippen molar-refractivity contribution in [1.29, 1.82) is 0 Å². The summed E-state index contributed by atoms with van der Waals surface area (Å²) in [7, 11) is 0. The fourth-order valence-electron chi connectivity index (χ4n) is 4.63. The molecule has 2 aromatic heterocycles. The number of aromatic nitrogens is 3. The number of pyridine rings is 1. The van der Waals surface area contributed by atoms with E-state index in [0.29, 0.717) is 32.4 Å². The number of thioether (sulfide) groups is 1. The third-order valence-corrected chi connectivity index (χ3v) is 8.17. The predicted octanol–water partition coefficient (Wildman–Crippen LogP) is 7.15. The Morgan fingerprint density at radius 3 is 2.62 bits per heavy atom. The van der Waals surface area contributed by atoms with Crippen LogP contribution in [0.25, 0.3) is 27.6 Å². The molecule has 5 aromatic rings. The summed E-state index contributed by atoms with van der Waals surface area (Å²) >= 11 is 4.82. The van der Waals surface area contributed by atoms with Crippen molar-refractivity contribution in [3.8, 4) is 5.69 Å². The van der Waals surface area contributed by atoms with Crippen molar-refractivity contribution in [3.05, 3.63) is 88.5 Å². The average Bonchev–Trinajstić information content (AvgIpc) is 3.68. The number of anilines is 1. The van der Waals surface area contributed by atoms with Crippen LogP contribution in [0.2, 0.25) is 0 Å². The van der Waals surface area contributed by atoms with Gasteiger partial charge in [-0.3, -0.25) is 14.2 Å². The molecule has 1 aliphatic rings. The van der Waals surface area contributed by atoms with Gasteiger partial charge in [-0.25, -0.2) is 9.97 Å². The highest BCUT2D eigenvalue weighted by Gasteiger charge is 2.26. The minimum absolute atomic E-state index is 0.0284. The molecule has 6 rings (SSSR count). The lowest BCUT2D eigenvalue weighted by Crippen LogP contribution is -2.15. The number of ketones is 1. The third-order valence-electron chi connectivity index (χ3n) is 6.57. The molecule has 37 heavy (non-hydrogen) atoms. The van der Waals surface area contributed by atoms with E-state index in [9.17, 15) is 9.59 Å². The van der Waals surface area contributed by atoms with E-state index in [1.54, 1.807) is 24.4 Å². The number of rotatable bonds is 7. The molecule has 1 aliphatic carbocycles. The zero-order valence-corrected chi connectivity index (χ0v) is 22.5. The summed E-state index contributed by atoms with van der Waals surface area (Å²) in [5, 5.41) is 6.06. The molecule has 184 valence electrons. The summed E-state index contributed by atoms with van der Waals surface area (Å²) in [6.45, 7) is 1.51. The van der Waals surface area contributed by atoms with Gasteiger partial charge >= 0.3 is 0 Å². The normalized spacial score (nSPS) is 13.2. The maximum Gasteiger partial charge on any atom is 0.234 e. The van der Waals surface area contributed by atoms with Crippen LogP contribution in [0.1, 0.15) is 41.6 Å². The van der Waals surface area contributed by atoms with Gasteiger partial charge in [0.1, 0.15) is 0 Å². The van der Waals surface area contributed by atoms with Crippen LogP contribution in [0.5, 0.6) is 0 Å². The zero-order chi connectivity index (χ0) is 25.5. The van der Waals surface area contributed by atoms with Gasteiger partial charge in [-0.2, -0.15) is 0 Å². The fourth-order valence-corrected chi connectivity index (χ4v) is 5.91. The number of hydrogen-bond acceptors (Lipinski definition) is 5. The van der Waals surface area contributed by atoms with Crippen molar-refractivity contribution < 1.29 is 9.59 Å². The van der Waals surface area contributed by atoms with Gasteiger partial charge in [0, 0.05) is 21.6 Å². The lowest BCUT2D eigenvalue weighted by Gasteiger charge is -2.15. The molecule has 2 heterocycles. The molecule has 6 nitrogen and oxygen atoms in total. The van der Waals surface area contributed by atoms with Crippen molar-refractivity contribution in [3.63, 3.8) is 0 Å². The molecule has 1 N–H and O–H groups in total. The second-order valence-corrected chi connectivity index (χ2v) is 11.0. The molecule has 0 radical (unpaired) electrons. The Hall–Kier alpha value is -3.49. The smallest absolute Gasteiger partial charge is 0.234 e. The summed E-state index contributed by atoms with van der Waals surface area (Å²) in [6, 6.07) is 22.0. The first-order valence-corrected chi connectivity index (χ1v) is 13.9. The Morgan fingerprint density at radius 2 is 1.86 bits per heavy atom. The van der Waals surface area contributed by atoms with Crippen molar-refractivity contribution in [2.24, 2.45) is 0 Å². The molecule has 0 atom stereocenters. The highest BCUT2D eigenvalue weighted by molar-refractivity contribution is 9.10. The van der Waals surface area contributed by atoms with Gasteiger partial charge in [-0.05, 0) is 89.0 Å². The van der Waals surface area contributed by atoms with Crippen molar-refractivity contribution in [1.82, 2.24) is 14.5 Å². The lowest BCUT2D eigenvalue weighted by atomic mass is 9.99. The summed E-state index contributed by atoms with van der Waals surface area (Å²) < 4.78 is 2.77. The first kappa shape index (κ1) is 23.9. The molecule has 0 bridgehead atoms. The maximum absolute atomic E-state index is 12.9. The number of imidazole rings is 1. The summed E-state index contributed by atoms with van der Waals surface area (Å²) in [5.74, 6) is 0.616. The number of carbonyl (C=O) groups is 2. The molecule has 0 saturated heterocycles. The van der Waals surface area contributed by atoms with Crippen LogP contribution in [-0.2, 0) is 4.79 Å². The second kappa shape index (κ2) is 9.76. The molecule has 0 aliphatic heterocycles. The molecule has 8 heteroatoms. The zero-order valence-electron chi connectivity index (χ0n) is 20.1. The largest absolute Gasteiger partial charge is 0.324 e. The SMILES string of the molecule is CC(=O)c1ccc(NC(=O)CSc2nc3ncccc3n2-c2ccc(C3CC3)c3ccccc23)c(Br)c1. The van der Waals surface area contributed by atoms with E-state index in [1.807, 2.05) is 12.1 Å². The Labute approximate surface area is 226 Å². The first-order valence-electron chi connectivity index (χ1n) is 12.1. The molecule has 3 aromatic carbocycles. The molecule has 1 saturated carbocycles. The third kappa shape index (κ3) is 4.67. The van der Waals surface area contributed by atoms with E-state index in [2.05, 4.69) is 67.2 Å². The van der Waals surface area contributed by atoms with Crippen molar-refractivity contribution >= 4 is 67.0 Å². The van der Waals surface area contributed by atoms with Crippen LogP contribution in [0, 0.1) is 0 Å². The van der Waals surface area contributed by atoms with E-state index in [4.69, 9.17) is 4.98 Å². The van der Waals surface area contributed by atoms with Crippen LogP contribution in [0.15, 0.2) is 82.6 Å². The van der Waals surface area contributed by atoms with Gasteiger partial charge in [0.05, 0.1) is 22.6 Å². The van der Waals surface area contributed by atoms with Crippen LogP contribution >= 0.6 is 27.7 Å². The predicted molar refractivity (Wildman–Crippen MR) is 152 cm³/mol. The van der Waals surface area contributed by atoms with E-state index in [-0.39, 0.29) is 17.4 Å². The number of amides is 1.